The molecule has 8 heteroatoms. The van der Waals surface area contributed by atoms with Crippen LogP contribution in [-0.4, -0.2) is 35.9 Å². The molecular formula is C24H25N5O2S. The first-order valence-corrected chi connectivity index (χ1v) is 11.4. The van der Waals surface area contributed by atoms with Crippen molar-refractivity contribution in [3.05, 3.63) is 52.7 Å². The van der Waals surface area contributed by atoms with Gasteiger partial charge in [0.25, 0.3) is 0 Å². The van der Waals surface area contributed by atoms with Crippen molar-refractivity contribution < 1.29 is 9.53 Å². The van der Waals surface area contributed by atoms with Gasteiger partial charge in [0, 0.05) is 29.8 Å². The van der Waals surface area contributed by atoms with Crippen molar-refractivity contribution in [2.75, 3.05) is 19.3 Å². The van der Waals surface area contributed by atoms with E-state index in [0.29, 0.717) is 5.57 Å². The predicted octanol–water partition coefficient (Wildman–Crippen LogP) is 4.07. The normalized spacial score (nSPS) is 22.0. The van der Waals surface area contributed by atoms with Gasteiger partial charge in [0.05, 0.1) is 23.4 Å². The maximum Gasteiger partial charge on any atom is 0.410 e. The summed E-state index contributed by atoms with van der Waals surface area (Å²) >= 11 is 1.58. The lowest BCUT2D eigenvalue weighted by Crippen LogP contribution is -2.50. The number of hydrogen-bond acceptors (Lipinski definition) is 7. The third-order valence-electron chi connectivity index (χ3n) is 5.79. The number of ether oxygens (including phenoxy) is 1. The van der Waals surface area contributed by atoms with Crippen molar-refractivity contribution in [1.82, 2.24) is 4.90 Å². The van der Waals surface area contributed by atoms with Crippen LogP contribution < -0.4 is 5.73 Å². The largest absolute Gasteiger partial charge is 0.444 e. The van der Waals surface area contributed by atoms with Gasteiger partial charge >= 0.3 is 6.09 Å². The van der Waals surface area contributed by atoms with Crippen LogP contribution >= 0.6 is 11.8 Å². The Morgan fingerprint density at radius 3 is 2.34 bits per heavy atom. The highest BCUT2D eigenvalue weighted by molar-refractivity contribution is 7.98. The molecule has 7 nitrogen and oxygen atoms in total. The molecule has 0 bridgehead atoms. The quantitative estimate of drug-likeness (QED) is 0.677. The van der Waals surface area contributed by atoms with E-state index in [2.05, 4.69) is 18.2 Å². The molecule has 1 aromatic rings. The van der Waals surface area contributed by atoms with Crippen molar-refractivity contribution in [3.63, 3.8) is 0 Å². The van der Waals surface area contributed by atoms with Crippen molar-refractivity contribution in [1.29, 1.82) is 15.8 Å². The number of carbonyl (C=O) groups is 1. The molecule has 164 valence electrons. The molecule has 0 fully saturated rings. The van der Waals surface area contributed by atoms with E-state index in [0.717, 1.165) is 10.5 Å². The molecule has 32 heavy (non-hydrogen) atoms. The van der Waals surface area contributed by atoms with Gasteiger partial charge in [-0.3, -0.25) is 0 Å². The summed E-state index contributed by atoms with van der Waals surface area (Å²) in [5.74, 6) is -1.11. The second-order valence-electron chi connectivity index (χ2n) is 8.83. The Kier molecular flexibility index (Phi) is 6.26. The summed E-state index contributed by atoms with van der Waals surface area (Å²) in [6, 6.07) is 13.9. The fourth-order valence-electron chi connectivity index (χ4n) is 4.34. The summed E-state index contributed by atoms with van der Waals surface area (Å²) in [4.78, 5) is 15.4. The lowest BCUT2D eigenvalue weighted by atomic mass is 9.58. The smallest absolute Gasteiger partial charge is 0.410 e. The minimum absolute atomic E-state index is 0.0304. The van der Waals surface area contributed by atoms with Gasteiger partial charge in [-0.2, -0.15) is 15.8 Å². The molecule has 1 aliphatic heterocycles. The van der Waals surface area contributed by atoms with E-state index in [4.69, 9.17) is 10.5 Å². The maximum atomic E-state index is 12.8. The molecule has 1 heterocycles. The molecule has 3 rings (SSSR count). The zero-order valence-electron chi connectivity index (χ0n) is 18.5. The first-order valence-electron chi connectivity index (χ1n) is 10.2. The number of carbonyl (C=O) groups excluding carboxylic acids is 1. The Hall–Kier alpha value is -3.41. The fourth-order valence-corrected chi connectivity index (χ4v) is 4.75. The molecule has 2 aliphatic rings. The Balaban J connectivity index is 2.17. The van der Waals surface area contributed by atoms with Crippen molar-refractivity contribution >= 4 is 17.9 Å². The molecule has 0 saturated carbocycles. The van der Waals surface area contributed by atoms with E-state index in [1.807, 2.05) is 30.5 Å². The van der Waals surface area contributed by atoms with Crippen LogP contribution in [0.15, 0.2) is 52.1 Å². The Morgan fingerprint density at radius 2 is 1.84 bits per heavy atom. The number of allylic oxidation sites excluding steroid dienone is 2. The van der Waals surface area contributed by atoms with E-state index in [1.54, 1.807) is 43.5 Å². The van der Waals surface area contributed by atoms with Gasteiger partial charge in [0.15, 0.2) is 5.41 Å². The first kappa shape index (κ1) is 23.3. The van der Waals surface area contributed by atoms with Gasteiger partial charge in [-0.1, -0.05) is 18.2 Å². The summed E-state index contributed by atoms with van der Waals surface area (Å²) < 4.78 is 5.53. The van der Waals surface area contributed by atoms with Crippen molar-refractivity contribution in [2.45, 2.75) is 37.2 Å². The van der Waals surface area contributed by atoms with Crippen LogP contribution in [0, 0.1) is 45.3 Å². The number of benzene rings is 1. The molecule has 0 spiro atoms. The molecule has 1 aromatic carbocycles. The van der Waals surface area contributed by atoms with Gasteiger partial charge in [0.1, 0.15) is 11.7 Å². The zero-order valence-corrected chi connectivity index (χ0v) is 19.4. The topological polar surface area (TPSA) is 127 Å². The van der Waals surface area contributed by atoms with Crippen LogP contribution in [0.25, 0.3) is 0 Å². The van der Waals surface area contributed by atoms with Gasteiger partial charge in [0.2, 0.25) is 0 Å². The van der Waals surface area contributed by atoms with Crippen LogP contribution in [0.3, 0.4) is 0 Å². The third kappa shape index (κ3) is 3.93. The number of amides is 1. The molecule has 0 saturated heterocycles. The summed E-state index contributed by atoms with van der Waals surface area (Å²) in [6.45, 7) is 5.84. The summed E-state index contributed by atoms with van der Waals surface area (Å²) in [7, 11) is 0. The lowest BCUT2D eigenvalue weighted by Gasteiger charge is -2.45. The number of nitrogens with two attached hydrogens (primary N) is 1. The summed E-state index contributed by atoms with van der Waals surface area (Å²) in [5.41, 5.74) is 5.48. The standard InChI is InChI=1S/C24H25N5O2S/c1-23(2,3)31-22(30)29-10-9-17-18(11-25)21(28)24(13-26,14-27)20(19(17)12-29)15-5-7-16(32-4)8-6-15/h5-9,19-20H,10,12,28H2,1-4H3/t19?,20-/m1/s1. The molecule has 1 unspecified atom stereocenters. The average molecular weight is 448 g/mol. The second-order valence-corrected chi connectivity index (χ2v) is 9.71. The zero-order chi connectivity index (χ0) is 23.7. The highest BCUT2D eigenvalue weighted by Gasteiger charge is 2.54. The average Bonchev–Trinajstić information content (AvgIpc) is 2.77. The predicted molar refractivity (Wildman–Crippen MR) is 121 cm³/mol. The van der Waals surface area contributed by atoms with E-state index < -0.39 is 28.9 Å². The number of hydrogen-bond donors (Lipinski definition) is 1. The highest BCUT2D eigenvalue weighted by atomic mass is 32.2. The van der Waals surface area contributed by atoms with E-state index in [9.17, 15) is 20.6 Å². The van der Waals surface area contributed by atoms with Gasteiger partial charge in [-0.25, -0.2) is 4.79 Å². The van der Waals surface area contributed by atoms with Crippen molar-refractivity contribution in [3.8, 4) is 18.2 Å². The molecule has 0 aromatic heterocycles. The molecule has 0 radical (unpaired) electrons. The number of thioether (sulfide) groups is 1. The molecule has 1 aliphatic carbocycles. The minimum atomic E-state index is -1.73. The van der Waals surface area contributed by atoms with Crippen molar-refractivity contribution in [2.24, 2.45) is 17.1 Å². The van der Waals surface area contributed by atoms with Crippen LogP contribution in [0.5, 0.6) is 0 Å². The van der Waals surface area contributed by atoms with Crippen LogP contribution in [-0.2, 0) is 4.74 Å². The second kappa shape index (κ2) is 8.61. The van der Waals surface area contributed by atoms with Crippen LogP contribution in [0.1, 0.15) is 32.3 Å². The van der Waals surface area contributed by atoms with Gasteiger partial charge in [-0.05, 0) is 50.3 Å². The number of nitrogens with zero attached hydrogens (tertiary/aromatic N) is 4. The maximum absolute atomic E-state index is 12.8. The molecular weight excluding hydrogens is 422 g/mol. The molecule has 1 amide bonds. The summed E-state index contributed by atoms with van der Waals surface area (Å²) in [6.07, 6.45) is 3.26. The molecule has 2 atom stereocenters. The summed E-state index contributed by atoms with van der Waals surface area (Å²) in [5, 5.41) is 30.1. The Bertz CT molecular complexity index is 1100. The van der Waals surface area contributed by atoms with E-state index >= 15 is 0 Å². The van der Waals surface area contributed by atoms with E-state index in [1.165, 1.54) is 0 Å². The SMILES string of the molecule is CSc1ccc([C@@H]2C3CN(C(=O)OC(C)(C)C)CC=C3C(C#N)=C(N)C2(C#N)C#N)cc1. The fraction of sp³-hybridized carbons (Fsp3) is 0.417. The van der Waals surface area contributed by atoms with Crippen LogP contribution in [0.2, 0.25) is 0 Å². The Morgan fingerprint density at radius 1 is 1.22 bits per heavy atom. The lowest BCUT2D eigenvalue weighted by molar-refractivity contribution is 0.0224. The monoisotopic (exact) mass is 447 g/mol. The number of fused-ring (bicyclic) bond motifs is 1. The van der Waals surface area contributed by atoms with Gasteiger partial charge in [-0.15, -0.1) is 11.8 Å². The highest BCUT2D eigenvalue weighted by Crippen LogP contribution is 2.54. The van der Waals surface area contributed by atoms with Gasteiger partial charge < -0.3 is 15.4 Å². The number of rotatable bonds is 2. The Labute approximate surface area is 192 Å². The minimum Gasteiger partial charge on any atom is -0.444 e. The third-order valence-corrected chi connectivity index (χ3v) is 6.53. The first-order chi connectivity index (χ1) is 15.1. The molecule has 2 N–H and O–H groups in total. The van der Waals surface area contributed by atoms with E-state index in [-0.39, 0.29) is 24.4 Å². The number of nitriles is 3. The van der Waals surface area contributed by atoms with Crippen LogP contribution in [0.4, 0.5) is 4.79 Å².